The smallest absolute Gasteiger partial charge is 0.238 e. The van der Waals surface area contributed by atoms with Crippen molar-refractivity contribution in [3.63, 3.8) is 0 Å². The van der Waals surface area contributed by atoms with Crippen LogP contribution in [0.2, 0.25) is 0 Å². The predicted octanol–water partition coefficient (Wildman–Crippen LogP) is 2.46. The minimum Gasteiger partial charge on any atom is -0.325 e. The summed E-state index contributed by atoms with van der Waals surface area (Å²) in [7, 11) is 0. The molecule has 3 nitrogen and oxygen atoms in total. The molecule has 4 heteroatoms. The van der Waals surface area contributed by atoms with Crippen LogP contribution in [0.25, 0.3) is 0 Å². The molecule has 0 aliphatic carbocycles. The largest absolute Gasteiger partial charge is 0.325 e. The molecule has 0 aliphatic heterocycles. The summed E-state index contributed by atoms with van der Waals surface area (Å²) in [6.07, 6.45) is 0.965. The number of amides is 1. The Labute approximate surface area is 101 Å². The molecule has 0 aromatic heterocycles. The molecule has 0 heterocycles. The van der Waals surface area contributed by atoms with E-state index < -0.39 is 0 Å². The Morgan fingerprint density at radius 2 is 2.18 bits per heavy atom. The molecule has 0 radical (unpaired) electrons. The van der Waals surface area contributed by atoms with Gasteiger partial charge in [-0.25, -0.2) is 4.39 Å². The third-order valence-corrected chi connectivity index (χ3v) is 2.77. The lowest BCUT2D eigenvalue weighted by Crippen LogP contribution is -2.34. The molecule has 0 saturated heterocycles. The van der Waals surface area contributed by atoms with Crippen LogP contribution in [0.15, 0.2) is 18.2 Å². The van der Waals surface area contributed by atoms with Crippen LogP contribution in [-0.4, -0.2) is 18.5 Å². The Morgan fingerprint density at radius 1 is 1.47 bits per heavy atom. The maximum absolute atomic E-state index is 13.2. The van der Waals surface area contributed by atoms with Gasteiger partial charge in [-0.1, -0.05) is 13.0 Å². The van der Waals surface area contributed by atoms with E-state index in [-0.39, 0.29) is 18.3 Å². The second kappa shape index (κ2) is 6.35. The van der Waals surface area contributed by atoms with Crippen molar-refractivity contribution >= 4 is 11.6 Å². The van der Waals surface area contributed by atoms with E-state index >= 15 is 0 Å². The summed E-state index contributed by atoms with van der Waals surface area (Å²) in [6, 6.07) is 4.96. The van der Waals surface area contributed by atoms with Gasteiger partial charge in [-0.05, 0) is 32.4 Å². The van der Waals surface area contributed by atoms with Gasteiger partial charge in [0, 0.05) is 17.3 Å². The summed E-state index contributed by atoms with van der Waals surface area (Å²) in [6.45, 7) is 5.95. The number of halogens is 1. The van der Waals surface area contributed by atoms with Gasteiger partial charge in [-0.3, -0.25) is 4.79 Å². The fourth-order valence-electron chi connectivity index (χ4n) is 1.35. The number of carbonyl (C=O) groups excluding carboxylic acids is 1. The van der Waals surface area contributed by atoms with Gasteiger partial charge in [-0.15, -0.1) is 0 Å². The standard InChI is InChI=1S/C13H19FN2O/c1-4-9(2)15-8-13(17)16-12-7-5-6-11(14)10(12)3/h5-7,9,15H,4,8H2,1-3H3,(H,16,17). The van der Waals surface area contributed by atoms with Crippen molar-refractivity contribution in [3.8, 4) is 0 Å². The van der Waals surface area contributed by atoms with E-state index in [0.29, 0.717) is 17.3 Å². The van der Waals surface area contributed by atoms with E-state index in [2.05, 4.69) is 10.6 Å². The molecule has 1 aromatic carbocycles. The van der Waals surface area contributed by atoms with E-state index in [9.17, 15) is 9.18 Å². The maximum Gasteiger partial charge on any atom is 0.238 e. The van der Waals surface area contributed by atoms with E-state index in [1.807, 2.05) is 13.8 Å². The monoisotopic (exact) mass is 238 g/mol. The third-order valence-electron chi connectivity index (χ3n) is 2.77. The molecule has 1 rings (SSSR count). The number of hydrogen-bond acceptors (Lipinski definition) is 2. The fourth-order valence-corrected chi connectivity index (χ4v) is 1.35. The molecule has 2 N–H and O–H groups in total. The summed E-state index contributed by atoms with van der Waals surface area (Å²) in [4.78, 5) is 11.6. The fraction of sp³-hybridized carbons (Fsp3) is 0.462. The third kappa shape index (κ3) is 4.15. The molecular formula is C13H19FN2O. The first-order valence-corrected chi connectivity index (χ1v) is 5.83. The van der Waals surface area contributed by atoms with Gasteiger partial charge in [0.2, 0.25) is 5.91 Å². The van der Waals surface area contributed by atoms with E-state index in [1.54, 1.807) is 19.1 Å². The Balaban J connectivity index is 2.54. The zero-order valence-corrected chi connectivity index (χ0v) is 10.5. The molecule has 0 saturated carbocycles. The first-order chi connectivity index (χ1) is 8.04. The highest BCUT2D eigenvalue weighted by Gasteiger charge is 2.08. The van der Waals surface area contributed by atoms with Crippen molar-refractivity contribution in [2.24, 2.45) is 0 Å². The maximum atomic E-state index is 13.2. The number of carbonyl (C=O) groups is 1. The van der Waals surface area contributed by atoms with E-state index in [4.69, 9.17) is 0 Å². The average molecular weight is 238 g/mol. The van der Waals surface area contributed by atoms with Crippen molar-refractivity contribution in [2.45, 2.75) is 33.2 Å². The van der Waals surface area contributed by atoms with Crippen LogP contribution in [0.3, 0.4) is 0 Å². The topological polar surface area (TPSA) is 41.1 Å². The Bertz CT molecular complexity index is 393. The van der Waals surface area contributed by atoms with Gasteiger partial charge in [0.15, 0.2) is 0 Å². The predicted molar refractivity (Wildman–Crippen MR) is 67.5 cm³/mol. The number of nitrogens with one attached hydrogen (secondary N) is 2. The molecule has 1 aromatic rings. The van der Waals surface area contributed by atoms with Crippen LogP contribution >= 0.6 is 0 Å². The van der Waals surface area contributed by atoms with Crippen LogP contribution in [0.5, 0.6) is 0 Å². The number of benzene rings is 1. The normalized spacial score (nSPS) is 12.2. The van der Waals surface area contributed by atoms with Crippen LogP contribution in [-0.2, 0) is 4.79 Å². The first-order valence-electron chi connectivity index (χ1n) is 5.83. The number of hydrogen-bond donors (Lipinski definition) is 2. The lowest BCUT2D eigenvalue weighted by Gasteiger charge is -2.12. The van der Waals surface area contributed by atoms with E-state index in [0.717, 1.165) is 6.42 Å². The van der Waals surface area contributed by atoms with Gasteiger partial charge in [0.1, 0.15) is 5.82 Å². The molecule has 0 fully saturated rings. The van der Waals surface area contributed by atoms with Gasteiger partial charge in [0.25, 0.3) is 0 Å². The summed E-state index contributed by atoms with van der Waals surface area (Å²) < 4.78 is 13.2. The first kappa shape index (κ1) is 13.6. The van der Waals surface area contributed by atoms with Crippen molar-refractivity contribution in [1.82, 2.24) is 5.32 Å². The van der Waals surface area contributed by atoms with Gasteiger partial charge in [0.05, 0.1) is 6.54 Å². The molecule has 1 amide bonds. The Morgan fingerprint density at radius 3 is 2.82 bits per heavy atom. The Hall–Kier alpha value is -1.42. The minimum absolute atomic E-state index is 0.154. The highest BCUT2D eigenvalue weighted by Crippen LogP contribution is 2.16. The zero-order valence-electron chi connectivity index (χ0n) is 10.5. The van der Waals surface area contributed by atoms with Crippen LogP contribution in [0.4, 0.5) is 10.1 Å². The highest BCUT2D eigenvalue weighted by atomic mass is 19.1. The average Bonchev–Trinajstić information content (AvgIpc) is 2.32. The zero-order chi connectivity index (χ0) is 12.8. The summed E-state index contributed by atoms with van der Waals surface area (Å²) in [5.74, 6) is -0.461. The lowest BCUT2D eigenvalue weighted by atomic mass is 10.2. The van der Waals surface area contributed by atoms with Crippen molar-refractivity contribution < 1.29 is 9.18 Å². The number of rotatable bonds is 5. The minimum atomic E-state index is -0.308. The molecule has 0 aliphatic rings. The second-order valence-electron chi connectivity index (χ2n) is 4.15. The van der Waals surface area contributed by atoms with Gasteiger partial charge < -0.3 is 10.6 Å². The number of anilines is 1. The molecule has 1 atom stereocenters. The van der Waals surface area contributed by atoms with Gasteiger partial charge >= 0.3 is 0 Å². The van der Waals surface area contributed by atoms with Crippen molar-refractivity contribution in [3.05, 3.63) is 29.6 Å². The second-order valence-corrected chi connectivity index (χ2v) is 4.15. The molecule has 94 valence electrons. The summed E-state index contributed by atoms with van der Waals surface area (Å²) >= 11 is 0. The molecule has 17 heavy (non-hydrogen) atoms. The Kier molecular flexibility index (Phi) is 5.10. The van der Waals surface area contributed by atoms with Crippen LogP contribution < -0.4 is 10.6 Å². The molecular weight excluding hydrogens is 219 g/mol. The quantitative estimate of drug-likeness (QED) is 0.827. The molecule has 0 bridgehead atoms. The van der Waals surface area contributed by atoms with Crippen LogP contribution in [0, 0.1) is 12.7 Å². The highest BCUT2D eigenvalue weighted by molar-refractivity contribution is 5.92. The van der Waals surface area contributed by atoms with Crippen LogP contribution in [0.1, 0.15) is 25.8 Å². The van der Waals surface area contributed by atoms with Crippen molar-refractivity contribution in [2.75, 3.05) is 11.9 Å². The van der Waals surface area contributed by atoms with E-state index in [1.165, 1.54) is 6.07 Å². The molecule has 1 unspecified atom stereocenters. The van der Waals surface area contributed by atoms with Crippen molar-refractivity contribution in [1.29, 1.82) is 0 Å². The lowest BCUT2D eigenvalue weighted by molar-refractivity contribution is -0.115. The molecule has 0 spiro atoms. The summed E-state index contributed by atoms with van der Waals surface area (Å²) in [5, 5.41) is 5.77. The van der Waals surface area contributed by atoms with Gasteiger partial charge in [-0.2, -0.15) is 0 Å². The summed E-state index contributed by atoms with van der Waals surface area (Å²) in [5.41, 5.74) is 0.991. The SMILES string of the molecule is CCC(C)NCC(=O)Nc1cccc(F)c1C.